The van der Waals surface area contributed by atoms with E-state index in [-0.39, 0.29) is 0 Å². The number of hydrogen-bond acceptors (Lipinski definition) is 2. The van der Waals surface area contributed by atoms with E-state index in [0.29, 0.717) is 0 Å². The van der Waals surface area contributed by atoms with Crippen molar-refractivity contribution in [3.05, 3.63) is 24.6 Å². The Labute approximate surface area is 42.4 Å². The molecule has 1 aliphatic rings. The fraction of sp³-hybridized carbons (Fsp3) is 0.200. The van der Waals surface area contributed by atoms with Crippen molar-refractivity contribution in [1.82, 2.24) is 5.48 Å². The van der Waals surface area contributed by atoms with Crippen LogP contribution in [0, 0.1) is 0 Å². The molecule has 0 aliphatic carbocycles. The average Bonchev–Trinajstić information content (AvgIpc) is 1.90. The lowest BCUT2D eigenvalue weighted by atomic mass is 10.4. The van der Waals surface area contributed by atoms with Gasteiger partial charge in [0.05, 0.1) is 0 Å². The van der Waals surface area contributed by atoms with Crippen LogP contribution in [0.3, 0.4) is 0 Å². The smallest absolute Gasteiger partial charge is 0.115 e. The zero-order valence-corrected chi connectivity index (χ0v) is 3.92. The Morgan fingerprint density at radius 2 is 2.43 bits per heavy atom. The first-order valence-electron chi connectivity index (χ1n) is 2.21. The topological polar surface area (TPSA) is 21.3 Å². The van der Waals surface area contributed by atoms with Crippen molar-refractivity contribution >= 4 is 0 Å². The SMILES string of the molecule is C1=CNOC=CC1. The van der Waals surface area contributed by atoms with Gasteiger partial charge in [-0.3, -0.25) is 0 Å². The maximum atomic E-state index is 4.68. The van der Waals surface area contributed by atoms with Crippen LogP contribution in [0.15, 0.2) is 24.6 Å². The predicted octanol–water partition coefficient (Wildman–Crippen LogP) is 0.939. The van der Waals surface area contributed by atoms with Crippen LogP contribution in [-0.2, 0) is 4.84 Å². The van der Waals surface area contributed by atoms with E-state index < -0.39 is 0 Å². The summed E-state index contributed by atoms with van der Waals surface area (Å²) in [6.45, 7) is 0. The maximum Gasteiger partial charge on any atom is 0.115 e. The third-order valence-corrected chi connectivity index (χ3v) is 0.690. The number of hydrogen-bond donors (Lipinski definition) is 1. The third-order valence-electron chi connectivity index (χ3n) is 0.690. The Kier molecular flexibility index (Phi) is 1.39. The van der Waals surface area contributed by atoms with Gasteiger partial charge in [-0.15, -0.1) is 0 Å². The van der Waals surface area contributed by atoms with Gasteiger partial charge in [-0.25, -0.2) is 5.48 Å². The van der Waals surface area contributed by atoms with Gasteiger partial charge in [0.25, 0.3) is 0 Å². The fourth-order valence-electron chi connectivity index (χ4n) is 0.377. The zero-order chi connectivity index (χ0) is 4.95. The van der Waals surface area contributed by atoms with E-state index in [4.69, 9.17) is 0 Å². The van der Waals surface area contributed by atoms with Crippen molar-refractivity contribution in [3.8, 4) is 0 Å². The Morgan fingerprint density at radius 3 is 3.43 bits per heavy atom. The second-order valence-electron chi connectivity index (χ2n) is 1.25. The summed E-state index contributed by atoms with van der Waals surface area (Å²) in [4.78, 5) is 4.68. The summed E-state index contributed by atoms with van der Waals surface area (Å²) in [6, 6.07) is 0. The molecule has 0 aromatic heterocycles. The molecular weight excluding hydrogens is 90.1 g/mol. The minimum Gasteiger partial charge on any atom is -0.391 e. The first kappa shape index (κ1) is 4.24. The van der Waals surface area contributed by atoms with Crippen molar-refractivity contribution in [3.63, 3.8) is 0 Å². The molecule has 2 nitrogen and oxygen atoms in total. The Hall–Kier alpha value is -0.920. The van der Waals surface area contributed by atoms with E-state index in [9.17, 15) is 0 Å². The van der Waals surface area contributed by atoms with Crippen LogP contribution in [0.4, 0.5) is 0 Å². The first-order valence-corrected chi connectivity index (χ1v) is 2.21. The van der Waals surface area contributed by atoms with Gasteiger partial charge in [0.2, 0.25) is 0 Å². The molecule has 0 spiro atoms. The number of nitrogens with one attached hydrogen (secondary N) is 1. The van der Waals surface area contributed by atoms with Crippen LogP contribution in [0.25, 0.3) is 0 Å². The quantitative estimate of drug-likeness (QED) is 0.485. The molecule has 2 heteroatoms. The lowest BCUT2D eigenvalue weighted by Gasteiger charge is -1.90. The molecule has 0 bridgehead atoms. The van der Waals surface area contributed by atoms with Gasteiger partial charge < -0.3 is 4.84 Å². The number of rotatable bonds is 0. The van der Waals surface area contributed by atoms with E-state index in [0.717, 1.165) is 6.42 Å². The molecule has 0 aromatic carbocycles. The van der Waals surface area contributed by atoms with Gasteiger partial charge in [-0.2, -0.15) is 0 Å². The minimum absolute atomic E-state index is 0.951. The van der Waals surface area contributed by atoms with Gasteiger partial charge in [0.15, 0.2) is 0 Å². The first-order chi connectivity index (χ1) is 3.50. The molecule has 0 fully saturated rings. The lowest BCUT2D eigenvalue weighted by Crippen LogP contribution is -1.97. The molecular formula is C5H7NO. The standard InChI is InChI=1S/C5H7NO/c1-2-4-6-7-5-3-1/h2-6H,1H2. The third kappa shape index (κ3) is 1.30. The highest BCUT2D eigenvalue weighted by Crippen LogP contribution is 1.87. The summed E-state index contributed by atoms with van der Waals surface area (Å²) in [6.07, 6.45) is 8.24. The van der Waals surface area contributed by atoms with Crippen LogP contribution >= 0.6 is 0 Å². The molecule has 0 radical (unpaired) electrons. The van der Waals surface area contributed by atoms with Gasteiger partial charge in [-0.1, -0.05) is 6.08 Å². The van der Waals surface area contributed by atoms with Crippen LogP contribution < -0.4 is 5.48 Å². The number of hydroxylamine groups is 1. The second kappa shape index (κ2) is 2.29. The van der Waals surface area contributed by atoms with Crippen molar-refractivity contribution in [2.45, 2.75) is 6.42 Å². The van der Waals surface area contributed by atoms with Crippen LogP contribution in [0.2, 0.25) is 0 Å². The summed E-state index contributed by atoms with van der Waals surface area (Å²) in [5.74, 6) is 0. The second-order valence-corrected chi connectivity index (χ2v) is 1.25. The molecule has 0 amide bonds. The Bertz CT molecular complexity index is 84.3. The molecule has 0 saturated carbocycles. The molecule has 0 unspecified atom stereocenters. The van der Waals surface area contributed by atoms with Crippen molar-refractivity contribution < 1.29 is 4.84 Å². The average molecular weight is 97.1 g/mol. The maximum absolute atomic E-state index is 4.68. The highest BCUT2D eigenvalue weighted by atomic mass is 16.6. The van der Waals surface area contributed by atoms with E-state index in [1.54, 1.807) is 12.5 Å². The Balaban J connectivity index is 2.38. The van der Waals surface area contributed by atoms with Crippen molar-refractivity contribution in [2.75, 3.05) is 0 Å². The normalized spacial score (nSPS) is 17.1. The fourth-order valence-corrected chi connectivity index (χ4v) is 0.377. The molecule has 1 aliphatic heterocycles. The van der Waals surface area contributed by atoms with Crippen LogP contribution in [-0.4, -0.2) is 0 Å². The van der Waals surface area contributed by atoms with Crippen LogP contribution in [0.1, 0.15) is 6.42 Å². The molecule has 0 atom stereocenters. The van der Waals surface area contributed by atoms with E-state index in [1.165, 1.54) is 0 Å². The molecule has 1 N–H and O–H groups in total. The summed E-state index contributed by atoms with van der Waals surface area (Å²) >= 11 is 0. The van der Waals surface area contributed by atoms with Crippen molar-refractivity contribution in [1.29, 1.82) is 0 Å². The van der Waals surface area contributed by atoms with E-state index in [2.05, 4.69) is 10.3 Å². The predicted molar refractivity (Wildman–Crippen MR) is 27.1 cm³/mol. The zero-order valence-electron chi connectivity index (χ0n) is 3.92. The monoisotopic (exact) mass is 97.1 g/mol. The molecule has 1 rings (SSSR count). The molecule has 38 valence electrons. The molecule has 0 aromatic rings. The largest absolute Gasteiger partial charge is 0.391 e. The molecule has 7 heavy (non-hydrogen) atoms. The lowest BCUT2D eigenvalue weighted by molar-refractivity contribution is 0.177. The minimum atomic E-state index is 0.951. The Morgan fingerprint density at radius 1 is 1.43 bits per heavy atom. The van der Waals surface area contributed by atoms with Crippen molar-refractivity contribution in [2.24, 2.45) is 0 Å². The van der Waals surface area contributed by atoms with Gasteiger partial charge in [-0.05, 0) is 12.5 Å². The van der Waals surface area contributed by atoms with Gasteiger partial charge in [0.1, 0.15) is 6.26 Å². The summed E-state index contributed by atoms with van der Waals surface area (Å²) in [7, 11) is 0. The van der Waals surface area contributed by atoms with E-state index in [1.807, 2.05) is 12.2 Å². The van der Waals surface area contributed by atoms with Gasteiger partial charge >= 0.3 is 0 Å². The molecule has 1 heterocycles. The van der Waals surface area contributed by atoms with E-state index >= 15 is 0 Å². The number of allylic oxidation sites excluding steroid dienone is 2. The molecule has 0 saturated heterocycles. The summed E-state index contributed by atoms with van der Waals surface area (Å²) in [5, 5.41) is 0. The highest BCUT2D eigenvalue weighted by Gasteiger charge is 1.76. The summed E-state index contributed by atoms with van der Waals surface area (Å²) in [5.41, 5.74) is 2.58. The van der Waals surface area contributed by atoms with Gasteiger partial charge in [0, 0.05) is 6.20 Å². The summed E-state index contributed by atoms with van der Waals surface area (Å²) < 4.78 is 0. The highest BCUT2D eigenvalue weighted by molar-refractivity contribution is 4.90. The van der Waals surface area contributed by atoms with Crippen LogP contribution in [0.5, 0.6) is 0 Å².